The molecule has 3 aliphatic carbocycles. The van der Waals surface area contributed by atoms with Crippen LogP contribution in [0.15, 0.2) is 78.0 Å². The van der Waals surface area contributed by atoms with Gasteiger partial charge in [-0.15, -0.1) is 0 Å². The molecule has 2 heteroatoms. The van der Waals surface area contributed by atoms with Gasteiger partial charge in [-0.05, 0) is 42.2 Å². The SMILES string of the molecule is C1=C[C@@H]2CC[C@H]1C[C@H]2/C=N/OC(c1ccccc1)c1ccccc1. The fraction of sp³-hybridized carbons (Fsp3) is 0.318. The smallest absolute Gasteiger partial charge is 0.177 e. The van der Waals surface area contributed by atoms with Crippen molar-refractivity contribution in [3.8, 4) is 0 Å². The van der Waals surface area contributed by atoms with Crippen LogP contribution >= 0.6 is 0 Å². The standard InChI is InChI=1S/C22H23NO/c1-3-7-19(8-4-1)22(20-9-5-2-6-10-20)24-23-16-21-15-17-11-13-18(21)14-12-17/h1-11,13,16-18,21-22H,12,14-15H2/b23-16+/t17-,18+,21-/m0/s1. The molecule has 2 aromatic carbocycles. The minimum Gasteiger partial charge on any atom is -0.383 e. The fourth-order valence-corrected chi connectivity index (χ4v) is 3.89. The average Bonchev–Trinajstić information content (AvgIpc) is 2.68. The Bertz CT molecular complexity index is 668. The monoisotopic (exact) mass is 317 g/mol. The van der Waals surface area contributed by atoms with Gasteiger partial charge in [-0.1, -0.05) is 78.0 Å². The maximum absolute atomic E-state index is 5.97. The molecule has 2 bridgehead atoms. The largest absolute Gasteiger partial charge is 0.383 e. The maximum Gasteiger partial charge on any atom is 0.177 e. The minimum atomic E-state index is -0.153. The molecule has 0 radical (unpaired) electrons. The van der Waals surface area contributed by atoms with Crippen LogP contribution in [0.2, 0.25) is 0 Å². The van der Waals surface area contributed by atoms with Crippen LogP contribution < -0.4 is 0 Å². The Morgan fingerprint density at radius 1 is 0.875 bits per heavy atom. The predicted molar refractivity (Wildman–Crippen MR) is 97.8 cm³/mol. The fourth-order valence-electron chi connectivity index (χ4n) is 3.89. The summed E-state index contributed by atoms with van der Waals surface area (Å²) in [6.45, 7) is 0. The van der Waals surface area contributed by atoms with Crippen molar-refractivity contribution in [2.75, 3.05) is 0 Å². The lowest BCUT2D eigenvalue weighted by atomic mass is 9.70. The van der Waals surface area contributed by atoms with Crippen molar-refractivity contribution in [1.29, 1.82) is 0 Å². The Kier molecular flexibility index (Phi) is 4.46. The van der Waals surface area contributed by atoms with Gasteiger partial charge in [0.05, 0.1) is 0 Å². The first-order chi connectivity index (χ1) is 11.9. The van der Waals surface area contributed by atoms with Crippen LogP contribution in [-0.4, -0.2) is 6.21 Å². The van der Waals surface area contributed by atoms with Gasteiger partial charge in [-0.2, -0.15) is 0 Å². The maximum atomic E-state index is 5.97. The Hall–Kier alpha value is -2.35. The highest BCUT2D eigenvalue weighted by atomic mass is 16.6. The quantitative estimate of drug-likeness (QED) is 0.412. The summed E-state index contributed by atoms with van der Waals surface area (Å²) < 4.78 is 0. The van der Waals surface area contributed by atoms with Gasteiger partial charge in [-0.3, -0.25) is 0 Å². The van der Waals surface area contributed by atoms with E-state index in [-0.39, 0.29) is 6.10 Å². The highest BCUT2D eigenvalue weighted by Gasteiger charge is 2.30. The third kappa shape index (κ3) is 3.28. The molecule has 0 N–H and O–H groups in total. The molecule has 0 heterocycles. The summed E-state index contributed by atoms with van der Waals surface area (Å²) in [5, 5.41) is 4.41. The summed E-state index contributed by atoms with van der Waals surface area (Å²) in [4.78, 5) is 5.97. The first kappa shape index (κ1) is 15.2. The summed E-state index contributed by atoms with van der Waals surface area (Å²) in [7, 11) is 0. The van der Waals surface area contributed by atoms with E-state index in [4.69, 9.17) is 4.84 Å². The number of fused-ring (bicyclic) bond motifs is 2. The number of hydrogen-bond donors (Lipinski definition) is 0. The van der Waals surface area contributed by atoms with Gasteiger partial charge in [0.1, 0.15) is 0 Å². The molecule has 5 rings (SSSR count). The topological polar surface area (TPSA) is 21.6 Å². The third-order valence-corrected chi connectivity index (χ3v) is 5.25. The van der Waals surface area contributed by atoms with Gasteiger partial charge >= 0.3 is 0 Å². The van der Waals surface area contributed by atoms with E-state index < -0.39 is 0 Å². The van der Waals surface area contributed by atoms with E-state index in [0.29, 0.717) is 11.8 Å². The van der Waals surface area contributed by atoms with Crippen molar-refractivity contribution in [2.24, 2.45) is 22.9 Å². The molecule has 0 unspecified atom stereocenters. The van der Waals surface area contributed by atoms with E-state index in [2.05, 4.69) is 41.6 Å². The second-order valence-electron chi connectivity index (χ2n) is 6.85. The van der Waals surface area contributed by atoms with Crippen molar-refractivity contribution < 1.29 is 4.84 Å². The third-order valence-electron chi connectivity index (χ3n) is 5.25. The molecule has 2 nitrogen and oxygen atoms in total. The van der Waals surface area contributed by atoms with Crippen molar-refractivity contribution in [3.05, 3.63) is 83.9 Å². The molecule has 1 fully saturated rings. The van der Waals surface area contributed by atoms with Crippen LogP contribution in [0.1, 0.15) is 36.5 Å². The van der Waals surface area contributed by atoms with Gasteiger partial charge in [0, 0.05) is 12.1 Å². The van der Waals surface area contributed by atoms with Gasteiger partial charge < -0.3 is 4.84 Å². The second-order valence-corrected chi connectivity index (χ2v) is 6.85. The van der Waals surface area contributed by atoms with E-state index in [9.17, 15) is 0 Å². The molecule has 0 spiro atoms. The van der Waals surface area contributed by atoms with E-state index in [1.807, 2.05) is 42.6 Å². The van der Waals surface area contributed by atoms with Crippen molar-refractivity contribution in [1.82, 2.24) is 0 Å². The highest BCUT2D eigenvalue weighted by Crippen LogP contribution is 2.39. The summed E-state index contributed by atoms with van der Waals surface area (Å²) in [5.41, 5.74) is 2.26. The van der Waals surface area contributed by atoms with E-state index in [0.717, 1.165) is 17.0 Å². The number of benzene rings is 2. The molecule has 24 heavy (non-hydrogen) atoms. The van der Waals surface area contributed by atoms with Crippen molar-refractivity contribution in [2.45, 2.75) is 25.4 Å². The molecule has 2 aromatic rings. The van der Waals surface area contributed by atoms with E-state index in [1.54, 1.807) is 0 Å². The lowest BCUT2D eigenvalue weighted by Gasteiger charge is -2.35. The van der Waals surface area contributed by atoms with E-state index in [1.165, 1.54) is 19.3 Å². The summed E-state index contributed by atoms with van der Waals surface area (Å²) in [6, 6.07) is 20.6. The van der Waals surface area contributed by atoms with Crippen LogP contribution in [0.3, 0.4) is 0 Å². The van der Waals surface area contributed by atoms with Crippen LogP contribution in [0.25, 0.3) is 0 Å². The first-order valence-electron chi connectivity index (χ1n) is 8.87. The average molecular weight is 317 g/mol. The Labute approximate surface area is 143 Å². The number of rotatable bonds is 5. The molecule has 3 atom stereocenters. The number of allylic oxidation sites excluding steroid dienone is 2. The number of oxime groups is 1. The Balaban J connectivity index is 1.50. The van der Waals surface area contributed by atoms with Crippen LogP contribution in [-0.2, 0) is 4.84 Å². The van der Waals surface area contributed by atoms with Gasteiger partial charge in [0.25, 0.3) is 0 Å². The molecule has 0 amide bonds. The number of nitrogens with zero attached hydrogens (tertiary/aromatic N) is 1. The summed E-state index contributed by atoms with van der Waals surface area (Å²) in [6.07, 6.45) is 10.5. The van der Waals surface area contributed by atoms with Crippen molar-refractivity contribution in [3.63, 3.8) is 0 Å². The lowest BCUT2D eigenvalue weighted by molar-refractivity contribution is 0.0863. The summed E-state index contributed by atoms with van der Waals surface area (Å²) >= 11 is 0. The molecule has 3 aliphatic rings. The zero-order chi connectivity index (χ0) is 16.2. The van der Waals surface area contributed by atoms with Gasteiger partial charge in [-0.25, -0.2) is 0 Å². The number of hydrogen-bond acceptors (Lipinski definition) is 2. The predicted octanol–water partition coefficient (Wildman–Crippen LogP) is 5.38. The Morgan fingerprint density at radius 2 is 1.54 bits per heavy atom. The molecule has 0 aromatic heterocycles. The highest BCUT2D eigenvalue weighted by molar-refractivity contribution is 5.61. The van der Waals surface area contributed by atoms with Gasteiger partial charge in [0.2, 0.25) is 0 Å². The molecular formula is C22H23NO. The van der Waals surface area contributed by atoms with Crippen LogP contribution in [0.5, 0.6) is 0 Å². The molecular weight excluding hydrogens is 294 g/mol. The van der Waals surface area contributed by atoms with Crippen molar-refractivity contribution >= 4 is 6.21 Å². The van der Waals surface area contributed by atoms with E-state index >= 15 is 0 Å². The minimum absolute atomic E-state index is 0.153. The lowest BCUT2D eigenvalue weighted by Crippen LogP contribution is -2.28. The van der Waals surface area contributed by atoms with Crippen LogP contribution in [0, 0.1) is 17.8 Å². The Morgan fingerprint density at radius 3 is 2.04 bits per heavy atom. The van der Waals surface area contributed by atoms with Gasteiger partial charge in [0.15, 0.2) is 6.10 Å². The molecule has 0 aliphatic heterocycles. The summed E-state index contributed by atoms with van der Waals surface area (Å²) in [5.74, 6) is 1.92. The second kappa shape index (κ2) is 7.04. The molecule has 0 saturated heterocycles. The zero-order valence-electron chi connectivity index (χ0n) is 13.8. The molecule has 122 valence electrons. The van der Waals surface area contributed by atoms with Crippen LogP contribution in [0.4, 0.5) is 0 Å². The molecule has 1 saturated carbocycles. The zero-order valence-corrected chi connectivity index (χ0v) is 13.8. The normalized spacial score (nSPS) is 25.5. The first-order valence-corrected chi connectivity index (χ1v) is 8.87.